The summed E-state index contributed by atoms with van der Waals surface area (Å²) in [5.41, 5.74) is 5.46. The van der Waals surface area contributed by atoms with E-state index in [0.717, 1.165) is 5.00 Å². The molecule has 68 valence electrons. The molecule has 0 aromatic carbocycles. The highest BCUT2D eigenvalue weighted by molar-refractivity contribution is 7.10. The highest BCUT2D eigenvalue weighted by Crippen LogP contribution is 2.21. The van der Waals surface area contributed by atoms with Crippen molar-refractivity contribution in [1.82, 2.24) is 4.37 Å². The van der Waals surface area contributed by atoms with Crippen LogP contribution in [0.25, 0.3) is 0 Å². The van der Waals surface area contributed by atoms with Crippen LogP contribution in [0.15, 0.2) is 6.07 Å². The van der Waals surface area contributed by atoms with Crippen LogP contribution in [-0.2, 0) is 0 Å². The molecule has 0 aliphatic heterocycles. The molecule has 0 bridgehead atoms. The average Bonchev–Trinajstić information content (AvgIpc) is 2.34. The summed E-state index contributed by atoms with van der Waals surface area (Å²) < 4.78 is 3.94. The molecule has 12 heavy (non-hydrogen) atoms. The summed E-state index contributed by atoms with van der Waals surface area (Å²) in [6.07, 6.45) is -0.335. The molecular formula is C7H13N3OS. The number of aliphatic hydroxyl groups excluding tert-OH is 1. The highest BCUT2D eigenvalue weighted by Gasteiger charge is 2.06. The Morgan fingerprint density at radius 2 is 2.50 bits per heavy atom. The number of hydrogen-bond acceptors (Lipinski definition) is 5. The summed E-state index contributed by atoms with van der Waals surface area (Å²) in [6, 6.07) is 1.80. The van der Waals surface area contributed by atoms with Gasteiger partial charge in [0.05, 0.1) is 6.10 Å². The van der Waals surface area contributed by atoms with E-state index in [1.807, 2.05) is 11.9 Å². The number of nitrogens with zero attached hydrogens (tertiary/aromatic N) is 2. The van der Waals surface area contributed by atoms with Crippen molar-refractivity contribution in [3.63, 3.8) is 0 Å². The molecule has 0 radical (unpaired) electrons. The molecule has 0 aliphatic carbocycles. The van der Waals surface area contributed by atoms with Crippen LogP contribution in [0.2, 0.25) is 0 Å². The lowest BCUT2D eigenvalue weighted by Gasteiger charge is -2.17. The molecule has 1 heterocycles. The van der Waals surface area contributed by atoms with E-state index in [9.17, 15) is 0 Å². The third-order valence-corrected chi connectivity index (χ3v) is 2.35. The minimum Gasteiger partial charge on any atom is -0.392 e. The van der Waals surface area contributed by atoms with Crippen molar-refractivity contribution in [2.75, 3.05) is 24.2 Å². The molecule has 1 rings (SSSR count). The fourth-order valence-electron chi connectivity index (χ4n) is 0.945. The molecule has 0 fully saturated rings. The fraction of sp³-hybridized carbons (Fsp3) is 0.571. The molecule has 5 heteroatoms. The Bertz CT molecular complexity index is 249. The van der Waals surface area contributed by atoms with Gasteiger partial charge in [0, 0.05) is 19.7 Å². The molecular weight excluding hydrogens is 174 g/mol. The Balaban J connectivity index is 2.58. The molecule has 0 saturated heterocycles. The Morgan fingerprint density at radius 3 is 2.92 bits per heavy atom. The van der Waals surface area contributed by atoms with Gasteiger partial charge in [0.1, 0.15) is 10.8 Å². The van der Waals surface area contributed by atoms with E-state index in [-0.39, 0.29) is 6.10 Å². The van der Waals surface area contributed by atoms with Gasteiger partial charge in [-0.15, -0.1) is 0 Å². The van der Waals surface area contributed by atoms with E-state index < -0.39 is 0 Å². The summed E-state index contributed by atoms with van der Waals surface area (Å²) in [6.45, 7) is 2.35. The average molecular weight is 187 g/mol. The zero-order valence-corrected chi connectivity index (χ0v) is 8.01. The molecule has 1 unspecified atom stereocenters. The quantitative estimate of drug-likeness (QED) is 0.725. The van der Waals surface area contributed by atoms with Gasteiger partial charge in [0.25, 0.3) is 0 Å². The number of likely N-dealkylation sites (N-methyl/N-ethyl adjacent to an activating group) is 1. The van der Waals surface area contributed by atoms with Gasteiger partial charge in [-0.2, -0.15) is 4.37 Å². The lowest BCUT2D eigenvalue weighted by molar-refractivity contribution is 0.202. The van der Waals surface area contributed by atoms with Crippen molar-refractivity contribution in [1.29, 1.82) is 0 Å². The van der Waals surface area contributed by atoms with Crippen LogP contribution in [0, 0.1) is 0 Å². The van der Waals surface area contributed by atoms with Crippen molar-refractivity contribution in [3.05, 3.63) is 6.07 Å². The van der Waals surface area contributed by atoms with Crippen molar-refractivity contribution in [2.24, 2.45) is 0 Å². The van der Waals surface area contributed by atoms with Gasteiger partial charge in [-0.1, -0.05) is 0 Å². The Labute approximate surface area is 75.8 Å². The number of nitrogens with two attached hydrogens (primary N) is 1. The van der Waals surface area contributed by atoms with Crippen LogP contribution in [0.3, 0.4) is 0 Å². The maximum atomic E-state index is 9.10. The lowest BCUT2D eigenvalue weighted by atomic mass is 10.4. The number of aromatic nitrogens is 1. The Morgan fingerprint density at radius 1 is 1.83 bits per heavy atom. The summed E-state index contributed by atoms with van der Waals surface area (Å²) in [7, 11) is 1.90. The first-order valence-electron chi connectivity index (χ1n) is 3.71. The standard InChI is InChI=1S/C7H13N3OS/c1-5(11)4-10(2)7-3-6(8)9-12-7/h3,5,11H,4H2,1-2H3,(H2,8,9). The summed E-state index contributed by atoms with van der Waals surface area (Å²) in [4.78, 5) is 1.93. The van der Waals surface area contributed by atoms with Gasteiger partial charge in [0.2, 0.25) is 0 Å². The van der Waals surface area contributed by atoms with Crippen LogP contribution in [0.4, 0.5) is 10.8 Å². The first-order chi connectivity index (χ1) is 5.59. The Kier molecular flexibility index (Phi) is 2.88. The predicted molar refractivity (Wildman–Crippen MR) is 51.5 cm³/mol. The molecule has 1 aromatic rings. The van der Waals surface area contributed by atoms with E-state index in [4.69, 9.17) is 10.8 Å². The van der Waals surface area contributed by atoms with E-state index >= 15 is 0 Å². The second-order valence-corrected chi connectivity index (χ2v) is 3.60. The molecule has 1 aromatic heterocycles. The molecule has 0 saturated carbocycles. The second kappa shape index (κ2) is 3.73. The highest BCUT2D eigenvalue weighted by atomic mass is 32.1. The number of anilines is 2. The lowest BCUT2D eigenvalue weighted by Crippen LogP contribution is -2.25. The number of rotatable bonds is 3. The van der Waals surface area contributed by atoms with Crippen LogP contribution < -0.4 is 10.6 Å². The van der Waals surface area contributed by atoms with Crippen molar-refractivity contribution >= 4 is 22.4 Å². The van der Waals surface area contributed by atoms with Gasteiger partial charge in [-0.3, -0.25) is 0 Å². The monoisotopic (exact) mass is 187 g/mol. The van der Waals surface area contributed by atoms with E-state index in [1.165, 1.54) is 11.5 Å². The van der Waals surface area contributed by atoms with E-state index in [2.05, 4.69) is 4.37 Å². The first-order valence-corrected chi connectivity index (χ1v) is 4.48. The topological polar surface area (TPSA) is 62.4 Å². The molecule has 4 nitrogen and oxygen atoms in total. The van der Waals surface area contributed by atoms with Crippen LogP contribution >= 0.6 is 11.5 Å². The Hall–Kier alpha value is -0.810. The van der Waals surface area contributed by atoms with Gasteiger partial charge < -0.3 is 15.7 Å². The third kappa shape index (κ3) is 2.35. The molecule has 1 atom stereocenters. The number of hydrogen-bond donors (Lipinski definition) is 2. The van der Waals surface area contributed by atoms with Crippen LogP contribution in [0.1, 0.15) is 6.92 Å². The zero-order chi connectivity index (χ0) is 9.14. The van der Waals surface area contributed by atoms with E-state index in [0.29, 0.717) is 12.4 Å². The number of nitrogen functional groups attached to an aromatic ring is 1. The first kappa shape index (κ1) is 9.28. The minimum absolute atomic E-state index is 0.335. The summed E-state index contributed by atoms with van der Waals surface area (Å²) >= 11 is 1.34. The van der Waals surface area contributed by atoms with Crippen LogP contribution in [-0.4, -0.2) is 29.2 Å². The largest absolute Gasteiger partial charge is 0.392 e. The second-order valence-electron chi connectivity index (χ2n) is 2.82. The third-order valence-electron chi connectivity index (χ3n) is 1.43. The van der Waals surface area contributed by atoms with Gasteiger partial charge in [-0.25, -0.2) is 0 Å². The van der Waals surface area contributed by atoms with Crippen molar-refractivity contribution in [3.8, 4) is 0 Å². The summed E-state index contributed by atoms with van der Waals surface area (Å²) in [5.74, 6) is 0.535. The van der Waals surface area contributed by atoms with Gasteiger partial charge >= 0.3 is 0 Å². The summed E-state index contributed by atoms with van der Waals surface area (Å²) in [5, 5.41) is 10.1. The normalized spacial score (nSPS) is 12.9. The van der Waals surface area contributed by atoms with Crippen molar-refractivity contribution < 1.29 is 5.11 Å². The maximum Gasteiger partial charge on any atom is 0.139 e. The fourth-order valence-corrected chi connectivity index (χ4v) is 1.58. The maximum absolute atomic E-state index is 9.10. The van der Waals surface area contributed by atoms with Gasteiger partial charge in [0.15, 0.2) is 0 Å². The smallest absolute Gasteiger partial charge is 0.139 e. The van der Waals surface area contributed by atoms with E-state index in [1.54, 1.807) is 13.0 Å². The zero-order valence-electron chi connectivity index (χ0n) is 7.19. The molecule has 3 N–H and O–H groups in total. The predicted octanol–water partition coefficient (Wildman–Crippen LogP) is 0.542. The van der Waals surface area contributed by atoms with Crippen molar-refractivity contribution in [2.45, 2.75) is 13.0 Å². The molecule has 0 aliphatic rings. The SMILES string of the molecule is CC(O)CN(C)c1cc(N)ns1. The molecule has 0 spiro atoms. The molecule has 0 amide bonds. The van der Waals surface area contributed by atoms with Crippen LogP contribution in [0.5, 0.6) is 0 Å². The minimum atomic E-state index is -0.335. The van der Waals surface area contributed by atoms with Gasteiger partial charge in [-0.05, 0) is 18.5 Å². The number of aliphatic hydroxyl groups is 1.